The zero-order chi connectivity index (χ0) is 25.8. The lowest BCUT2D eigenvalue weighted by Gasteiger charge is -2.24. The normalized spacial score (nSPS) is 14.6. The van der Waals surface area contributed by atoms with Crippen LogP contribution in [-0.2, 0) is 16.1 Å². The van der Waals surface area contributed by atoms with Crippen LogP contribution in [0.25, 0.3) is 10.4 Å². The van der Waals surface area contributed by atoms with E-state index in [-0.39, 0.29) is 17.9 Å². The average molecular weight is 498 g/mol. The van der Waals surface area contributed by atoms with Crippen molar-refractivity contribution < 1.29 is 9.59 Å². The maximum Gasteiger partial charge on any atom is 0.243 e. The molecule has 2 amide bonds. The monoisotopic (exact) mass is 497 g/mol. The van der Waals surface area contributed by atoms with Crippen LogP contribution in [0.15, 0.2) is 42.3 Å². The first kappa shape index (κ1) is 28.2. The number of nitrogens with zero attached hydrogens (tertiary/aromatic N) is 3. The van der Waals surface area contributed by atoms with Crippen molar-refractivity contribution in [2.24, 2.45) is 5.92 Å². The van der Waals surface area contributed by atoms with Gasteiger partial charge in [0.05, 0.1) is 22.4 Å². The molecular weight excluding hydrogens is 458 g/mol. The zero-order valence-electron chi connectivity index (χ0n) is 21.8. The van der Waals surface area contributed by atoms with Crippen LogP contribution in [-0.4, -0.2) is 44.3 Å². The number of likely N-dealkylation sites (tertiary alicyclic amines) is 1. The largest absolute Gasteiger partial charge is 0.350 e. The molecule has 190 valence electrons. The van der Waals surface area contributed by atoms with E-state index in [2.05, 4.69) is 32.4 Å². The third kappa shape index (κ3) is 8.62. The first-order chi connectivity index (χ1) is 16.8. The number of aromatic amines is 1. The van der Waals surface area contributed by atoms with Crippen LogP contribution in [0.5, 0.6) is 0 Å². The number of H-pyrrole nitrogens is 1. The smallest absolute Gasteiger partial charge is 0.243 e. The summed E-state index contributed by atoms with van der Waals surface area (Å²) < 4.78 is 0. The van der Waals surface area contributed by atoms with Crippen molar-refractivity contribution in [3.05, 3.63) is 59.3 Å². The molecule has 1 unspecified atom stereocenters. The van der Waals surface area contributed by atoms with Crippen LogP contribution < -0.4 is 5.32 Å². The van der Waals surface area contributed by atoms with Gasteiger partial charge in [-0.3, -0.25) is 9.59 Å². The summed E-state index contributed by atoms with van der Waals surface area (Å²) in [5, 5.41) is 3.00. The van der Waals surface area contributed by atoms with Crippen LogP contribution in [0.3, 0.4) is 0 Å². The summed E-state index contributed by atoms with van der Waals surface area (Å²) in [6, 6.07) is 7.87. The number of amides is 2. The summed E-state index contributed by atoms with van der Waals surface area (Å²) in [5.74, 6) is 0.349. The Labute approximate surface area is 213 Å². The van der Waals surface area contributed by atoms with Crippen molar-refractivity contribution in [2.75, 3.05) is 6.54 Å². The van der Waals surface area contributed by atoms with Crippen molar-refractivity contribution in [3.63, 3.8) is 0 Å². The molecule has 1 saturated heterocycles. The van der Waals surface area contributed by atoms with Crippen LogP contribution in [0.1, 0.15) is 63.9 Å². The minimum atomic E-state index is -0.324. The molecule has 1 aliphatic rings. The average Bonchev–Trinajstić information content (AvgIpc) is 3.61. The van der Waals surface area contributed by atoms with Crippen molar-refractivity contribution in [3.8, 4) is 10.4 Å². The molecule has 0 aliphatic carbocycles. The van der Waals surface area contributed by atoms with E-state index in [1.54, 1.807) is 28.8 Å². The Balaban J connectivity index is 0.000000463. The van der Waals surface area contributed by atoms with Gasteiger partial charge in [0.1, 0.15) is 6.04 Å². The van der Waals surface area contributed by atoms with E-state index in [4.69, 9.17) is 0 Å². The molecule has 4 rings (SSSR count). The highest BCUT2D eigenvalue weighted by Crippen LogP contribution is 2.27. The van der Waals surface area contributed by atoms with E-state index in [1.807, 2.05) is 59.2 Å². The summed E-state index contributed by atoms with van der Waals surface area (Å²) >= 11 is 1.63. The van der Waals surface area contributed by atoms with Crippen molar-refractivity contribution in [1.29, 1.82) is 0 Å². The molecule has 2 N–H and O–H groups in total. The Morgan fingerprint density at radius 3 is 2.43 bits per heavy atom. The highest BCUT2D eigenvalue weighted by atomic mass is 32.1. The van der Waals surface area contributed by atoms with Gasteiger partial charge in [-0.1, -0.05) is 52.0 Å². The lowest BCUT2D eigenvalue weighted by molar-refractivity contribution is -0.139. The molecule has 1 fully saturated rings. The number of aryl methyl sites for hydroxylation is 2. The molecule has 7 nitrogen and oxygen atoms in total. The Morgan fingerprint density at radius 2 is 1.91 bits per heavy atom. The Morgan fingerprint density at radius 1 is 1.20 bits per heavy atom. The number of rotatable bonds is 6. The van der Waals surface area contributed by atoms with Gasteiger partial charge in [-0.2, -0.15) is 0 Å². The number of hydrogen-bond donors (Lipinski definition) is 2. The molecule has 0 saturated carbocycles. The van der Waals surface area contributed by atoms with Gasteiger partial charge in [0.2, 0.25) is 11.8 Å². The van der Waals surface area contributed by atoms with Crippen molar-refractivity contribution in [2.45, 2.75) is 73.4 Å². The van der Waals surface area contributed by atoms with Crippen LogP contribution >= 0.6 is 11.3 Å². The lowest BCUT2D eigenvalue weighted by Crippen LogP contribution is -2.46. The summed E-state index contributed by atoms with van der Waals surface area (Å²) in [6.07, 6.45) is 5.58. The van der Waals surface area contributed by atoms with Gasteiger partial charge in [0.25, 0.3) is 0 Å². The molecule has 35 heavy (non-hydrogen) atoms. The Kier molecular flexibility index (Phi) is 11.6. The lowest BCUT2D eigenvalue weighted by atomic mass is 10.1. The van der Waals surface area contributed by atoms with E-state index in [1.165, 1.54) is 4.88 Å². The van der Waals surface area contributed by atoms with Crippen molar-refractivity contribution >= 4 is 23.2 Å². The molecule has 8 heteroatoms. The maximum absolute atomic E-state index is 12.6. The fourth-order valence-corrected chi connectivity index (χ4v) is 4.60. The van der Waals surface area contributed by atoms with Crippen LogP contribution in [0, 0.1) is 19.8 Å². The molecule has 1 aromatic carbocycles. The summed E-state index contributed by atoms with van der Waals surface area (Å²) in [7, 11) is 0. The minimum Gasteiger partial charge on any atom is -0.350 e. The van der Waals surface area contributed by atoms with Gasteiger partial charge in [0, 0.05) is 31.4 Å². The first-order valence-electron chi connectivity index (χ1n) is 12.4. The topological polar surface area (TPSA) is 91.0 Å². The van der Waals surface area contributed by atoms with E-state index in [0.717, 1.165) is 35.4 Å². The zero-order valence-corrected chi connectivity index (χ0v) is 22.6. The molecule has 0 radical (unpaired) electrons. The van der Waals surface area contributed by atoms with Gasteiger partial charge >= 0.3 is 0 Å². The second-order valence-corrected chi connectivity index (χ2v) is 9.61. The molecule has 0 bridgehead atoms. The fraction of sp³-hybridized carbons (Fsp3) is 0.481. The quantitative estimate of drug-likeness (QED) is 0.469. The number of hydrogen-bond acceptors (Lipinski definition) is 5. The third-order valence-electron chi connectivity index (χ3n) is 5.52. The van der Waals surface area contributed by atoms with Crippen LogP contribution in [0.4, 0.5) is 0 Å². The predicted octanol–water partition coefficient (Wildman–Crippen LogP) is 5.52. The number of aromatic nitrogens is 3. The molecule has 1 aliphatic heterocycles. The van der Waals surface area contributed by atoms with E-state index < -0.39 is 0 Å². The molecule has 2 aromatic heterocycles. The van der Waals surface area contributed by atoms with Gasteiger partial charge in [-0.25, -0.2) is 9.97 Å². The molecule has 3 aromatic rings. The van der Waals surface area contributed by atoms with Gasteiger partial charge < -0.3 is 15.2 Å². The summed E-state index contributed by atoms with van der Waals surface area (Å²) in [6.45, 7) is 13.2. The number of benzene rings is 1. The minimum absolute atomic E-state index is 0.0491. The third-order valence-corrected chi connectivity index (χ3v) is 6.50. The molecular formula is C27H39N5O2S. The maximum atomic E-state index is 12.6. The van der Waals surface area contributed by atoms with Gasteiger partial charge in [0.15, 0.2) is 0 Å². The molecule has 0 spiro atoms. The van der Waals surface area contributed by atoms with E-state index in [0.29, 0.717) is 25.4 Å². The number of carbonyl (C=O) groups is 2. The number of imidazole rings is 1. The molecule has 1 atom stereocenters. The van der Waals surface area contributed by atoms with E-state index >= 15 is 0 Å². The highest BCUT2D eigenvalue weighted by Gasteiger charge is 2.33. The first-order valence-corrected chi connectivity index (χ1v) is 13.2. The number of thiazole rings is 1. The van der Waals surface area contributed by atoms with E-state index in [9.17, 15) is 9.59 Å². The molecule has 3 heterocycles. The van der Waals surface area contributed by atoms with Gasteiger partial charge in [-0.05, 0) is 43.7 Å². The predicted molar refractivity (Wildman–Crippen MR) is 143 cm³/mol. The fourth-order valence-electron chi connectivity index (χ4n) is 3.79. The SMILES string of the molecule is CC.Cc1cnc[nH]1.Cc1ncsc1-c1ccc(CNC(=O)C2CCCN2C(=O)CC(C)C)cc1. The number of carbonyl (C=O) groups excluding carboxylic acids is 2. The Hall–Kier alpha value is -3.00. The van der Waals surface area contributed by atoms with Crippen molar-refractivity contribution in [1.82, 2.24) is 25.2 Å². The standard InChI is InChI=1S/C21H27N3O2S.C4H6N2.C2H6/c1-14(2)11-19(25)24-10-4-5-18(24)21(26)22-12-16-6-8-17(9-7-16)20-15(3)23-13-27-20;1-4-2-5-3-6-4;1-2/h6-9,13-14,18H,4-5,10-12H2,1-3H3,(H,22,26);2-3H,1H3,(H,5,6);1-2H3. The number of nitrogens with one attached hydrogen (secondary N) is 2. The second-order valence-electron chi connectivity index (χ2n) is 8.76. The second kappa shape index (κ2) is 14.4. The van der Waals surface area contributed by atoms with Crippen LogP contribution in [0.2, 0.25) is 0 Å². The van der Waals surface area contributed by atoms with Gasteiger partial charge in [-0.15, -0.1) is 11.3 Å². The summed E-state index contributed by atoms with van der Waals surface area (Å²) in [4.78, 5) is 38.8. The summed E-state index contributed by atoms with van der Waals surface area (Å²) in [5.41, 5.74) is 6.19. The Bertz CT molecular complexity index is 1030. The highest BCUT2D eigenvalue weighted by molar-refractivity contribution is 7.13.